The molecule has 19 heavy (non-hydrogen) atoms. The molecular weight excluding hydrogens is 267 g/mol. The molecule has 0 aliphatic heterocycles. The molecule has 2 rings (SSSR count). The zero-order valence-corrected chi connectivity index (χ0v) is 11.0. The highest BCUT2D eigenvalue weighted by Crippen LogP contribution is 2.22. The van der Waals surface area contributed by atoms with Crippen LogP contribution >= 0.6 is 11.6 Å². The molecule has 0 spiro atoms. The standard InChI is InChI=1S/C14H12ClFN2O/c1-8-2-3-9(15)6-13(8)18-14(19)11-5-4-10(16)7-12(11)17/h2-7H,17H2,1H3,(H,18,19). The van der Waals surface area contributed by atoms with Crippen molar-refractivity contribution in [2.45, 2.75) is 6.92 Å². The number of halogens is 2. The van der Waals surface area contributed by atoms with E-state index in [0.717, 1.165) is 11.6 Å². The van der Waals surface area contributed by atoms with E-state index in [4.69, 9.17) is 17.3 Å². The van der Waals surface area contributed by atoms with E-state index >= 15 is 0 Å². The SMILES string of the molecule is Cc1ccc(Cl)cc1NC(=O)c1ccc(F)cc1N. The second kappa shape index (κ2) is 5.28. The summed E-state index contributed by atoms with van der Waals surface area (Å²) in [4.78, 5) is 12.1. The number of hydrogen-bond acceptors (Lipinski definition) is 2. The average Bonchev–Trinajstić information content (AvgIpc) is 2.33. The summed E-state index contributed by atoms with van der Waals surface area (Å²) >= 11 is 5.87. The number of amides is 1. The van der Waals surface area contributed by atoms with Crippen molar-refractivity contribution in [3.05, 3.63) is 58.4 Å². The molecule has 0 aromatic heterocycles. The zero-order valence-electron chi connectivity index (χ0n) is 10.2. The van der Waals surface area contributed by atoms with Crippen LogP contribution in [-0.4, -0.2) is 5.91 Å². The predicted octanol–water partition coefficient (Wildman–Crippen LogP) is 3.62. The Kier molecular flexibility index (Phi) is 3.71. The molecule has 0 atom stereocenters. The molecule has 2 aromatic carbocycles. The first-order chi connectivity index (χ1) is 8.97. The fourth-order valence-corrected chi connectivity index (χ4v) is 1.83. The van der Waals surface area contributed by atoms with E-state index in [0.29, 0.717) is 10.7 Å². The van der Waals surface area contributed by atoms with Gasteiger partial charge in [0.2, 0.25) is 0 Å². The molecule has 0 heterocycles. The monoisotopic (exact) mass is 278 g/mol. The van der Waals surface area contributed by atoms with Crippen molar-refractivity contribution in [1.29, 1.82) is 0 Å². The molecular formula is C14H12ClFN2O. The minimum absolute atomic E-state index is 0.0946. The number of carbonyl (C=O) groups excluding carboxylic acids is 1. The molecule has 0 fully saturated rings. The predicted molar refractivity (Wildman–Crippen MR) is 75.0 cm³/mol. The molecule has 0 radical (unpaired) electrons. The number of benzene rings is 2. The van der Waals surface area contributed by atoms with Gasteiger partial charge in [-0.1, -0.05) is 17.7 Å². The third-order valence-electron chi connectivity index (χ3n) is 2.71. The molecule has 0 bridgehead atoms. The normalized spacial score (nSPS) is 10.3. The quantitative estimate of drug-likeness (QED) is 0.824. The van der Waals surface area contributed by atoms with E-state index in [1.54, 1.807) is 18.2 Å². The summed E-state index contributed by atoms with van der Waals surface area (Å²) in [7, 11) is 0. The summed E-state index contributed by atoms with van der Waals surface area (Å²) in [6, 6.07) is 8.83. The topological polar surface area (TPSA) is 55.1 Å². The van der Waals surface area contributed by atoms with Crippen molar-refractivity contribution in [3.8, 4) is 0 Å². The van der Waals surface area contributed by atoms with Crippen molar-refractivity contribution in [2.24, 2.45) is 0 Å². The lowest BCUT2D eigenvalue weighted by atomic mass is 10.1. The van der Waals surface area contributed by atoms with Gasteiger partial charge >= 0.3 is 0 Å². The lowest BCUT2D eigenvalue weighted by Crippen LogP contribution is -2.14. The smallest absolute Gasteiger partial charge is 0.257 e. The average molecular weight is 279 g/mol. The van der Waals surface area contributed by atoms with Gasteiger partial charge in [-0.15, -0.1) is 0 Å². The molecule has 3 N–H and O–H groups in total. The first-order valence-electron chi connectivity index (χ1n) is 5.60. The number of anilines is 2. The molecule has 98 valence electrons. The minimum Gasteiger partial charge on any atom is -0.398 e. The number of hydrogen-bond donors (Lipinski definition) is 2. The summed E-state index contributed by atoms with van der Waals surface area (Å²) in [5.74, 6) is -0.879. The van der Waals surface area contributed by atoms with Crippen molar-refractivity contribution in [1.82, 2.24) is 0 Å². The van der Waals surface area contributed by atoms with Crippen molar-refractivity contribution in [2.75, 3.05) is 11.1 Å². The molecule has 0 aliphatic carbocycles. The molecule has 0 saturated carbocycles. The van der Waals surface area contributed by atoms with Crippen LogP contribution < -0.4 is 11.1 Å². The Morgan fingerprint density at radius 1 is 1.26 bits per heavy atom. The first-order valence-corrected chi connectivity index (χ1v) is 5.97. The van der Waals surface area contributed by atoms with Crippen LogP contribution in [0.25, 0.3) is 0 Å². The Balaban J connectivity index is 2.28. The second-order valence-corrected chi connectivity index (χ2v) is 4.58. The van der Waals surface area contributed by atoms with Crippen LogP contribution in [0.5, 0.6) is 0 Å². The molecule has 3 nitrogen and oxygen atoms in total. The lowest BCUT2D eigenvalue weighted by molar-refractivity contribution is 0.102. The summed E-state index contributed by atoms with van der Waals surface area (Å²) < 4.78 is 12.9. The lowest BCUT2D eigenvalue weighted by Gasteiger charge is -2.10. The fraction of sp³-hybridized carbons (Fsp3) is 0.0714. The third kappa shape index (κ3) is 3.03. The van der Waals surface area contributed by atoms with E-state index in [1.165, 1.54) is 12.1 Å². The molecule has 1 amide bonds. The van der Waals surface area contributed by atoms with Gasteiger partial charge in [-0.2, -0.15) is 0 Å². The van der Waals surface area contributed by atoms with Gasteiger partial charge in [-0.05, 0) is 42.8 Å². The van der Waals surface area contributed by atoms with Crippen LogP contribution in [0, 0.1) is 12.7 Å². The summed E-state index contributed by atoms with van der Waals surface area (Å²) in [6.07, 6.45) is 0. The van der Waals surface area contributed by atoms with Crippen molar-refractivity contribution < 1.29 is 9.18 Å². The van der Waals surface area contributed by atoms with Crippen LogP contribution in [0.3, 0.4) is 0 Å². The van der Waals surface area contributed by atoms with E-state index < -0.39 is 11.7 Å². The Labute approximate surface area is 115 Å². The largest absolute Gasteiger partial charge is 0.398 e. The first kappa shape index (κ1) is 13.4. The minimum atomic E-state index is -0.479. The van der Waals surface area contributed by atoms with E-state index in [9.17, 15) is 9.18 Å². The van der Waals surface area contributed by atoms with E-state index in [2.05, 4.69) is 5.32 Å². The van der Waals surface area contributed by atoms with Crippen LogP contribution in [0.4, 0.5) is 15.8 Å². The number of aryl methyl sites for hydroxylation is 1. The van der Waals surface area contributed by atoms with Crippen LogP contribution in [0.1, 0.15) is 15.9 Å². The van der Waals surface area contributed by atoms with Gasteiger partial charge in [0.15, 0.2) is 0 Å². The Hall–Kier alpha value is -2.07. The van der Waals surface area contributed by atoms with Gasteiger partial charge in [0, 0.05) is 16.4 Å². The molecule has 0 aliphatic rings. The summed E-state index contributed by atoms with van der Waals surface area (Å²) in [5.41, 5.74) is 7.41. The van der Waals surface area contributed by atoms with Gasteiger partial charge in [-0.25, -0.2) is 4.39 Å². The maximum Gasteiger partial charge on any atom is 0.257 e. The fourth-order valence-electron chi connectivity index (χ4n) is 1.66. The zero-order chi connectivity index (χ0) is 14.0. The van der Waals surface area contributed by atoms with Crippen LogP contribution in [-0.2, 0) is 0 Å². The maximum atomic E-state index is 12.9. The Morgan fingerprint density at radius 3 is 2.68 bits per heavy atom. The number of nitrogens with one attached hydrogen (secondary N) is 1. The van der Waals surface area contributed by atoms with Crippen LogP contribution in [0.15, 0.2) is 36.4 Å². The summed E-state index contributed by atoms with van der Waals surface area (Å²) in [6.45, 7) is 1.85. The molecule has 0 unspecified atom stereocenters. The van der Waals surface area contributed by atoms with Gasteiger partial charge in [-0.3, -0.25) is 4.79 Å². The Bertz CT molecular complexity index is 643. The molecule has 5 heteroatoms. The van der Waals surface area contributed by atoms with Gasteiger partial charge in [0.05, 0.1) is 5.56 Å². The third-order valence-corrected chi connectivity index (χ3v) is 2.94. The van der Waals surface area contributed by atoms with E-state index in [-0.39, 0.29) is 11.3 Å². The highest BCUT2D eigenvalue weighted by Gasteiger charge is 2.12. The van der Waals surface area contributed by atoms with Gasteiger partial charge < -0.3 is 11.1 Å². The van der Waals surface area contributed by atoms with Crippen LogP contribution in [0.2, 0.25) is 5.02 Å². The molecule has 2 aromatic rings. The van der Waals surface area contributed by atoms with E-state index in [1.807, 2.05) is 6.92 Å². The number of rotatable bonds is 2. The number of carbonyl (C=O) groups is 1. The molecule has 0 saturated heterocycles. The summed E-state index contributed by atoms with van der Waals surface area (Å²) in [5, 5.41) is 3.22. The van der Waals surface area contributed by atoms with Gasteiger partial charge in [0.25, 0.3) is 5.91 Å². The highest BCUT2D eigenvalue weighted by atomic mass is 35.5. The second-order valence-electron chi connectivity index (χ2n) is 4.14. The number of nitrogens with two attached hydrogens (primary N) is 1. The van der Waals surface area contributed by atoms with Crippen molar-refractivity contribution in [3.63, 3.8) is 0 Å². The highest BCUT2D eigenvalue weighted by molar-refractivity contribution is 6.31. The maximum absolute atomic E-state index is 12.9. The Morgan fingerprint density at radius 2 is 2.00 bits per heavy atom. The van der Waals surface area contributed by atoms with Crippen molar-refractivity contribution >= 4 is 28.9 Å². The number of nitrogen functional groups attached to an aromatic ring is 1. The van der Waals surface area contributed by atoms with Gasteiger partial charge in [0.1, 0.15) is 5.82 Å².